The number of ether oxygens (including phenoxy) is 2. The molecule has 4 rings (SSSR count). The summed E-state index contributed by atoms with van der Waals surface area (Å²) in [6, 6.07) is 11.6. The van der Waals surface area contributed by atoms with E-state index in [1.165, 1.54) is 5.56 Å². The number of hydrogen-bond acceptors (Lipinski definition) is 4. The smallest absolute Gasteiger partial charge is 0.261 e. The van der Waals surface area contributed by atoms with Gasteiger partial charge in [-0.1, -0.05) is 24.3 Å². The molecule has 0 N–H and O–H groups in total. The van der Waals surface area contributed by atoms with Crippen LogP contribution in [0.2, 0.25) is 0 Å². The van der Waals surface area contributed by atoms with Gasteiger partial charge in [-0.2, -0.15) is 0 Å². The molecular formula is C18H16N2O3. The van der Waals surface area contributed by atoms with Crippen molar-refractivity contribution in [2.24, 2.45) is 0 Å². The summed E-state index contributed by atoms with van der Waals surface area (Å²) in [6.07, 6.45) is 0.837. The molecule has 2 heterocycles. The molecule has 0 bridgehead atoms. The number of aromatic nitrogens is 2. The van der Waals surface area contributed by atoms with Crippen LogP contribution in [0.1, 0.15) is 5.56 Å². The van der Waals surface area contributed by atoms with E-state index in [0.717, 1.165) is 17.8 Å². The number of hydrogen-bond donors (Lipinski definition) is 0. The van der Waals surface area contributed by atoms with Gasteiger partial charge in [-0.15, -0.1) is 0 Å². The van der Waals surface area contributed by atoms with Gasteiger partial charge in [-0.3, -0.25) is 9.36 Å². The molecule has 0 amide bonds. The Labute approximate surface area is 133 Å². The van der Waals surface area contributed by atoms with Crippen molar-refractivity contribution in [1.82, 2.24) is 9.55 Å². The minimum absolute atomic E-state index is 0.0412. The SMILES string of the molecule is COc1cc2nc3n(c(=O)c2cc1OC)CCc1ccccc1-3. The number of rotatable bonds is 2. The first-order chi connectivity index (χ1) is 11.2. The van der Waals surface area contributed by atoms with Crippen LogP contribution in [-0.4, -0.2) is 23.8 Å². The Balaban J connectivity index is 2.07. The van der Waals surface area contributed by atoms with Crippen molar-refractivity contribution in [1.29, 1.82) is 0 Å². The average molecular weight is 308 g/mol. The van der Waals surface area contributed by atoms with Crippen LogP contribution in [-0.2, 0) is 13.0 Å². The van der Waals surface area contributed by atoms with Gasteiger partial charge in [-0.05, 0) is 18.1 Å². The fraction of sp³-hybridized carbons (Fsp3) is 0.222. The van der Waals surface area contributed by atoms with Crippen LogP contribution in [0.15, 0.2) is 41.2 Å². The van der Waals surface area contributed by atoms with Gasteiger partial charge >= 0.3 is 0 Å². The van der Waals surface area contributed by atoms with Gasteiger partial charge in [0.2, 0.25) is 0 Å². The quantitative estimate of drug-likeness (QED) is 0.730. The third-order valence-corrected chi connectivity index (χ3v) is 4.32. The number of methoxy groups -OCH3 is 2. The van der Waals surface area contributed by atoms with Gasteiger partial charge in [0.1, 0.15) is 5.82 Å². The highest BCUT2D eigenvalue weighted by atomic mass is 16.5. The Bertz CT molecular complexity index is 976. The first kappa shape index (κ1) is 13.8. The lowest BCUT2D eigenvalue weighted by Gasteiger charge is -2.21. The topological polar surface area (TPSA) is 53.4 Å². The Morgan fingerprint density at radius 3 is 2.61 bits per heavy atom. The van der Waals surface area contributed by atoms with Crippen molar-refractivity contribution in [2.45, 2.75) is 13.0 Å². The molecule has 0 spiro atoms. The monoisotopic (exact) mass is 308 g/mol. The predicted octanol–water partition coefficient (Wildman–Crippen LogP) is 2.64. The van der Waals surface area contributed by atoms with Crippen LogP contribution in [0.4, 0.5) is 0 Å². The standard InChI is InChI=1S/C18H16N2O3/c1-22-15-9-13-14(10-16(15)23-2)19-17-12-6-4-3-5-11(12)7-8-20(17)18(13)21/h3-6,9-10H,7-8H2,1-2H3. The summed E-state index contributed by atoms with van der Waals surface area (Å²) in [5, 5.41) is 0.547. The molecule has 1 aromatic heterocycles. The highest BCUT2D eigenvalue weighted by Crippen LogP contribution is 2.32. The molecule has 1 aliphatic heterocycles. The summed E-state index contributed by atoms with van der Waals surface area (Å²) in [5.41, 5.74) is 2.82. The van der Waals surface area contributed by atoms with Gasteiger partial charge in [0.15, 0.2) is 11.5 Å². The minimum atomic E-state index is -0.0412. The molecule has 116 valence electrons. The van der Waals surface area contributed by atoms with E-state index in [2.05, 4.69) is 6.07 Å². The summed E-state index contributed by atoms with van der Waals surface area (Å²) < 4.78 is 12.4. The number of aryl methyl sites for hydroxylation is 1. The van der Waals surface area contributed by atoms with E-state index < -0.39 is 0 Å². The Hall–Kier alpha value is -2.82. The largest absolute Gasteiger partial charge is 0.493 e. The lowest BCUT2D eigenvalue weighted by molar-refractivity contribution is 0.355. The first-order valence-corrected chi connectivity index (χ1v) is 7.48. The number of benzene rings is 2. The summed E-state index contributed by atoms with van der Waals surface area (Å²) in [5.74, 6) is 1.83. The Morgan fingerprint density at radius 2 is 1.83 bits per heavy atom. The molecule has 1 aliphatic rings. The molecule has 5 nitrogen and oxygen atoms in total. The maximum atomic E-state index is 12.9. The van der Waals surface area contributed by atoms with Gasteiger partial charge in [0.05, 0.1) is 25.1 Å². The third kappa shape index (κ3) is 2.00. The van der Waals surface area contributed by atoms with Crippen LogP contribution in [0.3, 0.4) is 0 Å². The summed E-state index contributed by atoms with van der Waals surface area (Å²) in [4.78, 5) is 17.6. The second-order valence-electron chi connectivity index (χ2n) is 5.52. The molecular weight excluding hydrogens is 292 g/mol. The molecule has 0 radical (unpaired) electrons. The molecule has 3 aromatic rings. The third-order valence-electron chi connectivity index (χ3n) is 4.32. The molecule has 0 unspecified atom stereocenters. The lowest BCUT2D eigenvalue weighted by Crippen LogP contribution is -2.27. The Morgan fingerprint density at radius 1 is 1.09 bits per heavy atom. The highest BCUT2D eigenvalue weighted by molar-refractivity contribution is 5.84. The molecule has 0 saturated heterocycles. The van der Waals surface area contributed by atoms with Gasteiger partial charge in [0.25, 0.3) is 5.56 Å². The molecule has 2 aromatic carbocycles. The van der Waals surface area contributed by atoms with Crippen LogP contribution in [0, 0.1) is 0 Å². The van der Waals surface area contributed by atoms with E-state index in [1.54, 1.807) is 30.9 Å². The van der Waals surface area contributed by atoms with E-state index in [-0.39, 0.29) is 5.56 Å². The Kier molecular flexibility index (Phi) is 3.08. The van der Waals surface area contributed by atoms with Crippen LogP contribution < -0.4 is 15.0 Å². The zero-order chi connectivity index (χ0) is 16.0. The fourth-order valence-electron chi connectivity index (χ4n) is 3.15. The van der Waals surface area contributed by atoms with Crippen molar-refractivity contribution in [3.63, 3.8) is 0 Å². The van der Waals surface area contributed by atoms with Crippen molar-refractivity contribution in [2.75, 3.05) is 14.2 Å². The van der Waals surface area contributed by atoms with Crippen LogP contribution >= 0.6 is 0 Å². The van der Waals surface area contributed by atoms with Crippen molar-refractivity contribution in [3.8, 4) is 22.9 Å². The second-order valence-corrected chi connectivity index (χ2v) is 5.52. The van der Waals surface area contributed by atoms with E-state index in [0.29, 0.717) is 28.9 Å². The average Bonchev–Trinajstić information content (AvgIpc) is 2.60. The van der Waals surface area contributed by atoms with Crippen LogP contribution in [0.5, 0.6) is 11.5 Å². The maximum Gasteiger partial charge on any atom is 0.261 e. The van der Waals surface area contributed by atoms with Gasteiger partial charge < -0.3 is 9.47 Å². The molecule has 0 aliphatic carbocycles. The molecule has 0 saturated carbocycles. The number of fused-ring (bicyclic) bond motifs is 4. The minimum Gasteiger partial charge on any atom is -0.493 e. The van der Waals surface area contributed by atoms with E-state index in [9.17, 15) is 4.79 Å². The van der Waals surface area contributed by atoms with E-state index >= 15 is 0 Å². The van der Waals surface area contributed by atoms with Crippen molar-refractivity contribution in [3.05, 3.63) is 52.3 Å². The normalized spacial score (nSPS) is 12.6. The summed E-state index contributed by atoms with van der Waals surface area (Å²) in [7, 11) is 3.13. The zero-order valence-electron chi connectivity index (χ0n) is 13.0. The molecule has 0 atom stereocenters. The lowest BCUT2D eigenvalue weighted by atomic mass is 10.00. The maximum absolute atomic E-state index is 12.9. The highest BCUT2D eigenvalue weighted by Gasteiger charge is 2.20. The second kappa shape index (κ2) is 5.12. The van der Waals surface area contributed by atoms with Crippen molar-refractivity contribution < 1.29 is 9.47 Å². The first-order valence-electron chi connectivity index (χ1n) is 7.48. The fourth-order valence-corrected chi connectivity index (χ4v) is 3.15. The van der Waals surface area contributed by atoms with Crippen LogP contribution in [0.25, 0.3) is 22.3 Å². The van der Waals surface area contributed by atoms with Crippen molar-refractivity contribution >= 4 is 10.9 Å². The van der Waals surface area contributed by atoms with E-state index in [4.69, 9.17) is 14.5 Å². The van der Waals surface area contributed by atoms with Gasteiger partial charge in [-0.25, -0.2) is 4.98 Å². The summed E-state index contributed by atoms with van der Waals surface area (Å²) in [6.45, 7) is 0.641. The number of nitrogens with zero attached hydrogens (tertiary/aromatic N) is 2. The van der Waals surface area contributed by atoms with E-state index in [1.807, 2.05) is 18.2 Å². The molecule has 23 heavy (non-hydrogen) atoms. The predicted molar refractivity (Wildman–Crippen MR) is 88.2 cm³/mol. The zero-order valence-corrected chi connectivity index (χ0v) is 13.0. The summed E-state index contributed by atoms with van der Waals surface area (Å²) >= 11 is 0. The molecule has 5 heteroatoms. The van der Waals surface area contributed by atoms with Gasteiger partial charge in [0, 0.05) is 18.2 Å². The molecule has 0 fully saturated rings.